The normalized spacial score (nSPS) is 15.8. The van der Waals surface area contributed by atoms with Crippen LogP contribution in [0.5, 0.6) is 0 Å². The Labute approximate surface area is 134 Å². The van der Waals surface area contributed by atoms with Crippen molar-refractivity contribution in [2.75, 3.05) is 5.75 Å². The first-order valence-corrected chi connectivity index (χ1v) is 8.51. The second-order valence-electron chi connectivity index (χ2n) is 5.43. The molecule has 1 aliphatic rings. The van der Waals surface area contributed by atoms with Crippen LogP contribution in [0.3, 0.4) is 0 Å². The van der Waals surface area contributed by atoms with Gasteiger partial charge in [-0.25, -0.2) is 15.0 Å². The van der Waals surface area contributed by atoms with Crippen LogP contribution >= 0.6 is 11.8 Å². The van der Waals surface area contributed by atoms with Gasteiger partial charge in [0.2, 0.25) is 0 Å². The number of nitrogens with one attached hydrogen (secondary N) is 1. The number of thioether (sulfide) groups is 1. The van der Waals surface area contributed by atoms with Crippen molar-refractivity contribution in [1.29, 1.82) is 0 Å². The number of allylic oxidation sites excluding steroid dienone is 2. The van der Waals surface area contributed by atoms with E-state index in [4.69, 9.17) is 4.99 Å². The van der Waals surface area contributed by atoms with E-state index in [0.29, 0.717) is 0 Å². The number of fused-ring (bicyclic) bond motifs is 1. The number of hydrogen-bond acceptors (Lipinski definition) is 4. The topological polar surface area (TPSA) is 53.4 Å². The summed E-state index contributed by atoms with van der Waals surface area (Å²) in [6, 6.07) is 4.10. The first-order valence-electron chi connectivity index (χ1n) is 7.52. The summed E-state index contributed by atoms with van der Waals surface area (Å²) in [6.45, 7) is 6.30. The summed E-state index contributed by atoms with van der Waals surface area (Å²) in [7, 11) is 0. The second kappa shape index (κ2) is 6.48. The van der Waals surface area contributed by atoms with Gasteiger partial charge >= 0.3 is 0 Å². The Kier molecular flexibility index (Phi) is 4.43. The minimum Gasteiger partial charge on any atom is -0.346 e. The molecule has 4 nitrogen and oxygen atoms in total. The third-order valence-electron chi connectivity index (χ3n) is 3.74. The predicted octanol–water partition coefficient (Wildman–Crippen LogP) is 4.35. The van der Waals surface area contributed by atoms with Crippen LogP contribution < -0.4 is 0 Å². The summed E-state index contributed by atoms with van der Waals surface area (Å²) in [5.74, 6) is 0.992. The monoisotopic (exact) mass is 312 g/mol. The number of aromatic amines is 1. The third-order valence-corrected chi connectivity index (χ3v) is 4.47. The number of hydrogen-bond donors (Lipinski definition) is 1. The Morgan fingerprint density at radius 2 is 2.14 bits per heavy atom. The average molecular weight is 312 g/mol. The lowest BCUT2D eigenvalue weighted by atomic mass is 9.99. The van der Waals surface area contributed by atoms with Crippen molar-refractivity contribution in [2.45, 2.75) is 33.6 Å². The average Bonchev–Trinajstić information content (AvgIpc) is 2.84. The Morgan fingerprint density at radius 1 is 1.27 bits per heavy atom. The number of aromatic nitrogens is 2. The highest BCUT2D eigenvalue weighted by Gasteiger charge is 2.14. The number of H-pyrrole nitrogens is 1. The van der Waals surface area contributed by atoms with Crippen molar-refractivity contribution < 1.29 is 0 Å². The quantitative estimate of drug-likeness (QED) is 0.916. The van der Waals surface area contributed by atoms with E-state index in [1.54, 1.807) is 11.8 Å². The van der Waals surface area contributed by atoms with Gasteiger partial charge in [-0.2, -0.15) is 0 Å². The molecule has 0 unspecified atom stereocenters. The zero-order chi connectivity index (χ0) is 15.5. The van der Waals surface area contributed by atoms with Crippen molar-refractivity contribution in [2.24, 2.45) is 9.98 Å². The van der Waals surface area contributed by atoms with Crippen molar-refractivity contribution in [3.63, 3.8) is 0 Å². The van der Waals surface area contributed by atoms with Gasteiger partial charge in [0.05, 0.1) is 0 Å². The third kappa shape index (κ3) is 3.14. The summed E-state index contributed by atoms with van der Waals surface area (Å²) < 4.78 is 0. The Hall–Kier alpha value is -1.88. The molecule has 0 spiro atoms. The number of nitrogens with zero attached hydrogens (tertiary/aromatic N) is 3. The maximum atomic E-state index is 4.70. The second-order valence-corrected chi connectivity index (χ2v) is 6.66. The molecule has 5 heteroatoms. The van der Waals surface area contributed by atoms with E-state index in [1.807, 2.05) is 12.3 Å². The molecule has 0 radical (unpaired) electrons. The summed E-state index contributed by atoms with van der Waals surface area (Å²) in [5, 5.41) is 2.07. The van der Waals surface area contributed by atoms with Crippen LogP contribution in [-0.4, -0.2) is 26.6 Å². The minimum atomic E-state index is 0.882. The summed E-state index contributed by atoms with van der Waals surface area (Å²) in [6.07, 6.45) is 5.64. The minimum absolute atomic E-state index is 0.882. The van der Waals surface area contributed by atoms with Gasteiger partial charge in [-0.1, -0.05) is 18.7 Å². The fourth-order valence-electron chi connectivity index (χ4n) is 2.66. The molecule has 0 saturated heterocycles. The molecule has 22 heavy (non-hydrogen) atoms. The van der Waals surface area contributed by atoms with Crippen molar-refractivity contribution in [3.8, 4) is 0 Å². The molecule has 3 rings (SSSR count). The van der Waals surface area contributed by atoms with Crippen LogP contribution in [0.25, 0.3) is 11.0 Å². The van der Waals surface area contributed by atoms with Gasteiger partial charge in [-0.3, -0.25) is 0 Å². The lowest BCUT2D eigenvalue weighted by molar-refractivity contribution is 1.04. The SMILES string of the molecule is CCSC1=NC(C)=C(Cc2c[nH]c3ncccc23)CC(C)=N1. The first-order chi connectivity index (χ1) is 10.7. The van der Waals surface area contributed by atoms with Crippen LogP contribution in [0.4, 0.5) is 0 Å². The van der Waals surface area contributed by atoms with Crippen molar-refractivity contribution >= 4 is 33.7 Å². The summed E-state index contributed by atoms with van der Waals surface area (Å²) in [5.41, 5.74) is 5.77. The molecule has 2 aromatic rings. The van der Waals surface area contributed by atoms with Crippen LogP contribution in [0.2, 0.25) is 0 Å². The van der Waals surface area contributed by atoms with Crippen LogP contribution in [0.15, 0.2) is 45.8 Å². The van der Waals surface area contributed by atoms with E-state index in [-0.39, 0.29) is 0 Å². The standard InChI is InChI=1S/C17H20N4S/c1-4-22-17-20-11(2)8-13(12(3)21-17)9-14-10-19-16-15(14)6-5-7-18-16/h5-7,10H,4,8-9H2,1-3H3,(H,18,19). The zero-order valence-electron chi connectivity index (χ0n) is 13.2. The Morgan fingerprint density at radius 3 is 2.95 bits per heavy atom. The van der Waals surface area contributed by atoms with Crippen LogP contribution in [0, 0.1) is 0 Å². The maximum Gasteiger partial charge on any atom is 0.187 e. The van der Waals surface area contributed by atoms with E-state index >= 15 is 0 Å². The molecule has 2 aromatic heterocycles. The van der Waals surface area contributed by atoms with Crippen molar-refractivity contribution in [1.82, 2.24) is 9.97 Å². The molecule has 1 N–H and O–H groups in total. The molecule has 0 atom stereocenters. The lowest BCUT2D eigenvalue weighted by Gasteiger charge is -2.07. The highest BCUT2D eigenvalue weighted by molar-refractivity contribution is 8.13. The van der Waals surface area contributed by atoms with Gasteiger partial charge in [0, 0.05) is 35.6 Å². The zero-order valence-corrected chi connectivity index (χ0v) is 14.0. The molecule has 1 aliphatic heterocycles. The number of aliphatic imine (C=N–C) groups is 2. The van der Waals surface area contributed by atoms with Crippen molar-refractivity contribution in [3.05, 3.63) is 41.4 Å². The van der Waals surface area contributed by atoms with Gasteiger partial charge in [0.25, 0.3) is 0 Å². The fraction of sp³-hybridized carbons (Fsp3) is 0.353. The van der Waals surface area contributed by atoms with E-state index in [0.717, 1.165) is 40.8 Å². The van der Waals surface area contributed by atoms with Gasteiger partial charge in [-0.05, 0) is 49.3 Å². The predicted molar refractivity (Wildman–Crippen MR) is 95.8 cm³/mol. The molecule has 0 bridgehead atoms. The first kappa shape index (κ1) is 15.0. The highest BCUT2D eigenvalue weighted by atomic mass is 32.2. The summed E-state index contributed by atoms with van der Waals surface area (Å²) >= 11 is 1.70. The molecule has 0 saturated carbocycles. The van der Waals surface area contributed by atoms with Gasteiger partial charge < -0.3 is 4.98 Å². The molecular formula is C17H20N4S. The Bertz CT molecular complexity index is 783. The maximum absolute atomic E-state index is 4.70. The van der Waals surface area contributed by atoms with Crippen LogP contribution in [-0.2, 0) is 6.42 Å². The molecule has 0 amide bonds. The smallest absolute Gasteiger partial charge is 0.187 e. The lowest BCUT2D eigenvalue weighted by Crippen LogP contribution is -1.99. The van der Waals surface area contributed by atoms with E-state index < -0.39 is 0 Å². The molecule has 3 heterocycles. The molecule has 0 fully saturated rings. The van der Waals surface area contributed by atoms with E-state index in [1.165, 1.54) is 16.5 Å². The number of pyridine rings is 1. The largest absolute Gasteiger partial charge is 0.346 e. The fourth-order valence-corrected chi connectivity index (χ4v) is 3.34. The van der Waals surface area contributed by atoms with E-state index in [9.17, 15) is 0 Å². The number of rotatable bonds is 3. The van der Waals surface area contributed by atoms with E-state index in [2.05, 4.69) is 48.0 Å². The highest BCUT2D eigenvalue weighted by Crippen LogP contribution is 2.25. The van der Waals surface area contributed by atoms with Gasteiger partial charge in [-0.15, -0.1) is 0 Å². The number of amidine groups is 1. The van der Waals surface area contributed by atoms with Gasteiger partial charge in [0.15, 0.2) is 5.17 Å². The summed E-state index contributed by atoms with van der Waals surface area (Å²) in [4.78, 5) is 16.9. The van der Waals surface area contributed by atoms with Gasteiger partial charge in [0.1, 0.15) is 5.65 Å². The molecule has 0 aromatic carbocycles. The molecule has 114 valence electrons. The van der Waals surface area contributed by atoms with Crippen LogP contribution in [0.1, 0.15) is 32.8 Å². The Balaban J connectivity index is 1.94. The molecule has 0 aliphatic carbocycles. The molecular weight excluding hydrogens is 292 g/mol.